The van der Waals surface area contributed by atoms with Crippen molar-refractivity contribution in [2.45, 2.75) is 63.8 Å². The summed E-state index contributed by atoms with van der Waals surface area (Å²) in [6, 6.07) is 18.9. The Hall–Kier alpha value is -2.25. The average Bonchev–Trinajstić information content (AvgIpc) is 2.74. The first-order valence-electron chi connectivity index (χ1n) is 10.9. The number of piperidine rings is 1. The van der Waals surface area contributed by atoms with Crippen molar-refractivity contribution < 1.29 is 19.7 Å². The average molecular weight is 425 g/mol. The number of benzene rings is 2. The van der Waals surface area contributed by atoms with Gasteiger partial charge in [0.1, 0.15) is 11.7 Å². The van der Waals surface area contributed by atoms with Crippen molar-refractivity contribution in [1.82, 2.24) is 10.2 Å². The molecule has 3 N–H and O–H groups in total. The second-order valence-corrected chi connectivity index (χ2v) is 9.38. The normalized spacial score (nSPS) is 32.0. The summed E-state index contributed by atoms with van der Waals surface area (Å²) >= 11 is 0. The van der Waals surface area contributed by atoms with E-state index in [9.17, 15) is 15.0 Å². The number of hydrogen-bond acceptors (Lipinski definition) is 5. The van der Waals surface area contributed by atoms with Crippen LogP contribution in [0.5, 0.6) is 0 Å². The Morgan fingerprint density at radius 1 is 1.10 bits per heavy atom. The van der Waals surface area contributed by atoms with E-state index in [0.29, 0.717) is 19.7 Å². The van der Waals surface area contributed by atoms with Gasteiger partial charge in [-0.1, -0.05) is 74.5 Å². The molecule has 5 atom stereocenters. The number of carbonyl (C=O) groups excluding carboxylic acids is 1. The molecule has 0 spiro atoms. The molecule has 2 fully saturated rings. The van der Waals surface area contributed by atoms with Gasteiger partial charge in [-0.25, -0.2) is 0 Å². The number of aliphatic hydroxyl groups is 2. The molecule has 1 unspecified atom stereocenters. The number of nitrogens with zero attached hydrogens (tertiary/aromatic N) is 1. The van der Waals surface area contributed by atoms with Gasteiger partial charge >= 0.3 is 0 Å². The first-order chi connectivity index (χ1) is 14.7. The lowest BCUT2D eigenvalue weighted by atomic mass is 9.48. The van der Waals surface area contributed by atoms with E-state index in [-0.39, 0.29) is 5.91 Å². The topological polar surface area (TPSA) is 82.0 Å². The molecule has 2 aliphatic rings. The standard InChI is InChI=1S/C25H32N2O4/c1-17(28)26-20-15-27(14-18-10-6-4-7-11-18)21-22(29)24(2,3)25(21,30)23(20)31-16-19-12-8-5-9-13-19/h4-13,20-23,29-30H,14-16H2,1-3H3,(H,26,28)/t20-,21+,22?,23+,25+/m0/s1. The molecule has 4 rings (SSSR count). The van der Waals surface area contributed by atoms with Gasteiger partial charge in [0.2, 0.25) is 5.91 Å². The van der Waals surface area contributed by atoms with E-state index >= 15 is 0 Å². The van der Waals surface area contributed by atoms with Crippen LogP contribution in [-0.2, 0) is 22.7 Å². The number of likely N-dealkylation sites (tertiary alicyclic amines) is 1. The maximum Gasteiger partial charge on any atom is 0.217 e. The second-order valence-electron chi connectivity index (χ2n) is 9.38. The van der Waals surface area contributed by atoms with Gasteiger partial charge in [-0.3, -0.25) is 9.69 Å². The second kappa shape index (κ2) is 8.36. The van der Waals surface area contributed by atoms with Crippen molar-refractivity contribution in [2.75, 3.05) is 6.54 Å². The van der Waals surface area contributed by atoms with Gasteiger partial charge in [0.15, 0.2) is 0 Å². The summed E-state index contributed by atoms with van der Waals surface area (Å²) in [5.74, 6) is -0.169. The van der Waals surface area contributed by atoms with Crippen molar-refractivity contribution in [3.8, 4) is 0 Å². The monoisotopic (exact) mass is 424 g/mol. The van der Waals surface area contributed by atoms with Crippen LogP contribution >= 0.6 is 0 Å². The van der Waals surface area contributed by atoms with E-state index in [1.54, 1.807) is 0 Å². The van der Waals surface area contributed by atoms with Crippen LogP contribution in [0.4, 0.5) is 0 Å². The van der Waals surface area contributed by atoms with Crippen LogP contribution in [0.2, 0.25) is 0 Å². The van der Waals surface area contributed by atoms with Crippen molar-refractivity contribution >= 4 is 5.91 Å². The van der Waals surface area contributed by atoms with E-state index in [4.69, 9.17) is 4.74 Å². The Morgan fingerprint density at radius 3 is 2.26 bits per heavy atom. The Bertz CT molecular complexity index is 904. The summed E-state index contributed by atoms with van der Waals surface area (Å²) in [5.41, 5.74) is -0.0208. The molecule has 31 heavy (non-hydrogen) atoms. The first kappa shape index (κ1) is 22.0. The third-order valence-electron chi connectivity index (χ3n) is 7.03. The maximum absolute atomic E-state index is 12.0. The van der Waals surface area contributed by atoms with E-state index in [0.717, 1.165) is 11.1 Å². The number of ether oxygens (including phenoxy) is 1. The largest absolute Gasteiger partial charge is 0.391 e. The molecule has 1 aliphatic carbocycles. The van der Waals surface area contributed by atoms with Crippen molar-refractivity contribution in [1.29, 1.82) is 0 Å². The van der Waals surface area contributed by atoms with Gasteiger partial charge < -0.3 is 20.3 Å². The Morgan fingerprint density at radius 2 is 1.68 bits per heavy atom. The summed E-state index contributed by atoms with van der Waals surface area (Å²) in [6.07, 6.45) is -1.35. The minimum absolute atomic E-state index is 0.169. The quantitative estimate of drug-likeness (QED) is 0.662. The minimum atomic E-state index is -1.32. The summed E-state index contributed by atoms with van der Waals surface area (Å²) in [6.45, 7) is 6.58. The van der Waals surface area contributed by atoms with E-state index in [2.05, 4.69) is 10.2 Å². The molecule has 2 aromatic rings. The highest BCUT2D eigenvalue weighted by Gasteiger charge is 2.74. The Kier molecular flexibility index (Phi) is 5.92. The highest BCUT2D eigenvalue weighted by Crippen LogP contribution is 2.57. The molecule has 2 aromatic carbocycles. The summed E-state index contributed by atoms with van der Waals surface area (Å²) in [5, 5.41) is 26.0. The number of hydrogen-bond donors (Lipinski definition) is 3. The molecule has 6 nitrogen and oxygen atoms in total. The molecule has 0 aromatic heterocycles. The van der Waals surface area contributed by atoms with Gasteiger partial charge in [-0.05, 0) is 11.1 Å². The zero-order valence-corrected chi connectivity index (χ0v) is 18.4. The van der Waals surface area contributed by atoms with Crippen molar-refractivity contribution in [3.05, 3.63) is 71.8 Å². The Labute approximate surface area is 183 Å². The van der Waals surface area contributed by atoms with Crippen LogP contribution in [0.3, 0.4) is 0 Å². The van der Waals surface area contributed by atoms with Crippen LogP contribution in [0.1, 0.15) is 31.9 Å². The van der Waals surface area contributed by atoms with Gasteiger partial charge in [-0.2, -0.15) is 0 Å². The highest BCUT2D eigenvalue weighted by atomic mass is 16.5. The van der Waals surface area contributed by atoms with E-state index < -0.39 is 35.3 Å². The van der Waals surface area contributed by atoms with Crippen molar-refractivity contribution in [2.24, 2.45) is 5.41 Å². The number of fused-ring (bicyclic) bond motifs is 1. The van der Waals surface area contributed by atoms with Gasteiger partial charge in [0.05, 0.1) is 24.8 Å². The fourth-order valence-corrected chi connectivity index (χ4v) is 5.31. The van der Waals surface area contributed by atoms with Crippen LogP contribution in [-0.4, -0.2) is 57.5 Å². The van der Waals surface area contributed by atoms with Gasteiger partial charge in [-0.15, -0.1) is 0 Å². The number of carbonyl (C=O) groups is 1. The molecule has 6 heteroatoms. The lowest BCUT2D eigenvalue weighted by Crippen LogP contribution is -2.88. The number of amides is 1. The first-order valence-corrected chi connectivity index (χ1v) is 10.9. The molecule has 1 saturated carbocycles. The molecule has 0 radical (unpaired) electrons. The van der Waals surface area contributed by atoms with Gasteiger partial charge in [0.25, 0.3) is 0 Å². The molecule has 166 valence electrons. The predicted molar refractivity (Wildman–Crippen MR) is 118 cm³/mol. The molecule has 1 amide bonds. The summed E-state index contributed by atoms with van der Waals surface area (Å²) in [4.78, 5) is 14.1. The van der Waals surface area contributed by atoms with E-state index in [1.807, 2.05) is 74.5 Å². The van der Waals surface area contributed by atoms with Crippen LogP contribution in [0.25, 0.3) is 0 Å². The lowest BCUT2D eigenvalue weighted by molar-refractivity contribution is -0.342. The minimum Gasteiger partial charge on any atom is -0.391 e. The van der Waals surface area contributed by atoms with Gasteiger partial charge in [0, 0.05) is 25.4 Å². The molecular weight excluding hydrogens is 392 g/mol. The number of rotatable bonds is 6. The zero-order valence-electron chi connectivity index (χ0n) is 18.4. The smallest absolute Gasteiger partial charge is 0.217 e. The van der Waals surface area contributed by atoms with Crippen LogP contribution in [0, 0.1) is 5.41 Å². The molecule has 1 saturated heterocycles. The molecule has 1 aliphatic heterocycles. The maximum atomic E-state index is 12.0. The van der Waals surface area contributed by atoms with Crippen LogP contribution in [0.15, 0.2) is 60.7 Å². The fourth-order valence-electron chi connectivity index (χ4n) is 5.31. The zero-order chi connectivity index (χ0) is 22.2. The highest BCUT2D eigenvalue weighted by molar-refractivity contribution is 5.73. The summed E-state index contributed by atoms with van der Waals surface area (Å²) in [7, 11) is 0. The van der Waals surface area contributed by atoms with Crippen molar-refractivity contribution in [3.63, 3.8) is 0 Å². The Balaban J connectivity index is 1.65. The SMILES string of the molecule is CC(=O)N[C@H]1CN(Cc2ccccc2)[C@@H]2C(O)C(C)(C)[C@]2(O)[C@@H]1OCc1ccccc1. The van der Waals surface area contributed by atoms with E-state index in [1.165, 1.54) is 6.92 Å². The number of nitrogens with one attached hydrogen (secondary N) is 1. The molecule has 1 heterocycles. The fraction of sp³-hybridized carbons (Fsp3) is 0.480. The van der Waals surface area contributed by atoms with Crippen LogP contribution < -0.4 is 5.32 Å². The molecular formula is C25H32N2O4. The summed E-state index contributed by atoms with van der Waals surface area (Å²) < 4.78 is 6.30. The number of aliphatic hydroxyl groups excluding tert-OH is 1. The predicted octanol–water partition coefficient (Wildman–Crippen LogP) is 2.09. The third kappa shape index (κ3) is 3.78. The molecule has 0 bridgehead atoms. The third-order valence-corrected chi connectivity index (χ3v) is 7.03. The lowest BCUT2D eigenvalue weighted by Gasteiger charge is -2.70.